The van der Waals surface area contributed by atoms with Gasteiger partial charge in [-0.1, -0.05) is 0 Å². The Morgan fingerprint density at radius 1 is 1.78 bits per heavy atom. The first-order chi connectivity index (χ1) is 4.29. The highest BCUT2D eigenvalue weighted by molar-refractivity contribution is 4.72. The second-order valence-corrected chi connectivity index (χ2v) is 2.31. The van der Waals surface area contributed by atoms with Crippen LogP contribution in [0.1, 0.15) is 12.8 Å². The molecule has 0 aromatic rings. The molecule has 0 aliphatic carbocycles. The van der Waals surface area contributed by atoms with Crippen LogP contribution in [0.4, 0.5) is 0 Å². The molecule has 52 valence electrons. The quantitative estimate of drug-likeness (QED) is 0.423. The molecule has 1 atom stereocenters. The molecule has 1 saturated heterocycles. The van der Waals surface area contributed by atoms with Crippen LogP contribution in [-0.2, 0) is 0 Å². The molecule has 0 saturated carbocycles. The van der Waals surface area contributed by atoms with Gasteiger partial charge in [0.25, 0.3) is 0 Å². The zero-order valence-corrected chi connectivity index (χ0v) is 5.17. The lowest BCUT2D eigenvalue weighted by molar-refractivity contribution is -0.483. The molecule has 0 aromatic heterocycles. The summed E-state index contributed by atoms with van der Waals surface area (Å²) in [5, 5.41) is 13.0. The second kappa shape index (κ2) is 2.77. The summed E-state index contributed by atoms with van der Waals surface area (Å²) in [5.74, 6) is 0. The van der Waals surface area contributed by atoms with E-state index in [4.69, 9.17) is 0 Å². The first kappa shape index (κ1) is 6.48. The minimum Gasteiger partial charge on any atom is -0.308 e. The van der Waals surface area contributed by atoms with Crippen molar-refractivity contribution in [3.63, 3.8) is 0 Å². The monoisotopic (exact) mass is 130 g/mol. The highest BCUT2D eigenvalue weighted by Crippen LogP contribution is 2.03. The number of rotatable bonds is 2. The fraction of sp³-hybridized carbons (Fsp3) is 1.00. The number of nitro groups is 1. The van der Waals surface area contributed by atoms with Crippen LogP contribution < -0.4 is 5.32 Å². The molecule has 1 rings (SSSR count). The summed E-state index contributed by atoms with van der Waals surface area (Å²) in [6, 6.07) is 0.139. The van der Waals surface area contributed by atoms with Crippen molar-refractivity contribution in [2.24, 2.45) is 0 Å². The van der Waals surface area contributed by atoms with Gasteiger partial charge in [0.1, 0.15) is 0 Å². The van der Waals surface area contributed by atoms with Crippen molar-refractivity contribution < 1.29 is 4.92 Å². The molecule has 4 nitrogen and oxygen atoms in total. The van der Waals surface area contributed by atoms with Crippen LogP contribution in [-0.4, -0.2) is 24.1 Å². The lowest BCUT2D eigenvalue weighted by atomic mass is 10.2. The maximum Gasteiger partial charge on any atom is 0.218 e. The lowest BCUT2D eigenvalue weighted by Crippen LogP contribution is -2.29. The van der Waals surface area contributed by atoms with E-state index in [2.05, 4.69) is 5.32 Å². The molecule has 1 heterocycles. The Labute approximate surface area is 53.4 Å². The maximum atomic E-state index is 9.92. The normalized spacial score (nSPS) is 26.4. The molecule has 0 spiro atoms. The van der Waals surface area contributed by atoms with Crippen LogP contribution in [0.2, 0.25) is 0 Å². The van der Waals surface area contributed by atoms with Crippen molar-refractivity contribution in [3.05, 3.63) is 10.1 Å². The van der Waals surface area contributed by atoms with Gasteiger partial charge in [0.2, 0.25) is 6.54 Å². The average molecular weight is 130 g/mol. The van der Waals surface area contributed by atoms with Crippen LogP contribution in [0.15, 0.2) is 0 Å². The van der Waals surface area contributed by atoms with E-state index in [1.54, 1.807) is 0 Å². The summed E-state index contributed by atoms with van der Waals surface area (Å²) in [5.41, 5.74) is 0. The van der Waals surface area contributed by atoms with Gasteiger partial charge in [0.05, 0.1) is 6.04 Å². The first-order valence-corrected chi connectivity index (χ1v) is 3.14. The van der Waals surface area contributed by atoms with Gasteiger partial charge in [-0.25, -0.2) is 0 Å². The minimum atomic E-state index is -0.261. The van der Waals surface area contributed by atoms with Gasteiger partial charge in [-0.15, -0.1) is 0 Å². The van der Waals surface area contributed by atoms with E-state index in [0.717, 1.165) is 19.4 Å². The van der Waals surface area contributed by atoms with Crippen LogP contribution >= 0.6 is 0 Å². The van der Waals surface area contributed by atoms with Crippen molar-refractivity contribution in [3.8, 4) is 0 Å². The second-order valence-electron chi connectivity index (χ2n) is 2.31. The molecule has 9 heavy (non-hydrogen) atoms. The first-order valence-electron chi connectivity index (χ1n) is 3.14. The molecular weight excluding hydrogens is 120 g/mol. The minimum absolute atomic E-state index is 0.0833. The summed E-state index contributed by atoms with van der Waals surface area (Å²) in [6.07, 6.45) is 2.04. The van der Waals surface area contributed by atoms with Crippen molar-refractivity contribution in [2.45, 2.75) is 18.9 Å². The maximum absolute atomic E-state index is 9.92. The Bertz CT molecular complexity index is 110. The summed E-state index contributed by atoms with van der Waals surface area (Å²) in [6.45, 7) is 1.03. The smallest absolute Gasteiger partial charge is 0.218 e. The number of nitrogens with one attached hydrogen (secondary N) is 1. The molecule has 0 aromatic carbocycles. The lowest BCUT2D eigenvalue weighted by Gasteiger charge is -2.01. The molecule has 0 amide bonds. The molecule has 1 fully saturated rings. The van der Waals surface area contributed by atoms with E-state index in [1.807, 2.05) is 0 Å². The van der Waals surface area contributed by atoms with E-state index in [9.17, 15) is 10.1 Å². The molecule has 0 bridgehead atoms. The van der Waals surface area contributed by atoms with Gasteiger partial charge in [0.15, 0.2) is 0 Å². The Kier molecular flexibility index (Phi) is 2.00. The Morgan fingerprint density at radius 2 is 2.56 bits per heavy atom. The fourth-order valence-electron chi connectivity index (χ4n) is 1.09. The summed E-state index contributed by atoms with van der Waals surface area (Å²) in [4.78, 5) is 9.66. The molecule has 1 N–H and O–H groups in total. The van der Waals surface area contributed by atoms with Gasteiger partial charge < -0.3 is 5.32 Å². The molecular formula is C5H10N2O2. The van der Waals surface area contributed by atoms with Gasteiger partial charge in [-0.3, -0.25) is 10.1 Å². The molecule has 1 unspecified atom stereocenters. The number of hydrogen-bond acceptors (Lipinski definition) is 3. The Balaban J connectivity index is 2.19. The number of nitrogens with zero attached hydrogens (tertiary/aromatic N) is 1. The van der Waals surface area contributed by atoms with E-state index >= 15 is 0 Å². The zero-order valence-electron chi connectivity index (χ0n) is 5.17. The van der Waals surface area contributed by atoms with E-state index in [-0.39, 0.29) is 17.5 Å². The van der Waals surface area contributed by atoms with Crippen LogP contribution in [0.5, 0.6) is 0 Å². The van der Waals surface area contributed by atoms with Gasteiger partial charge in [-0.05, 0) is 19.4 Å². The predicted octanol–water partition coefficient (Wildman–Crippen LogP) is 0.0151. The van der Waals surface area contributed by atoms with Gasteiger partial charge >= 0.3 is 0 Å². The standard InChI is InChI=1S/C5H10N2O2/c8-7(9)4-5-2-1-3-6-5/h5-6H,1-4H2. The fourth-order valence-corrected chi connectivity index (χ4v) is 1.09. The van der Waals surface area contributed by atoms with Gasteiger partial charge in [-0.2, -0.15) is 0 Å². The molecule has 4 heteroatoms. The molecule has 0 radical (unpaired) electrons. The van der Waals surface area contributed by atoms with Crippen LogP contribution in [0, 0.1) is 10.1 Å². The molecule has 1 aliphatic heterocycles. The third-order valence-electron chi connectivity index (χ3n) is 1.53. The van der Waals surface area contributed by atoms with Crippen molar-refractivity contribution in [1.29, 1.82) is 0 Å². The number of hydrogen-bond donors (Lipinski definition) is 1. The van der Waals surface area contributed by atoms with Gasteiger partial charge in [0, 0.05) is 4.92 Å². The summed E-state index contributed by atoms with van der Waals surface area (Å²) >= 11 is 0. The topological polar surface area (TPSA) is 55.2 Å². The van der Waals surface area contributed by atoms with Crippen molar-refractivity contribution >= 4 is 0 Å². The van der Waals surface area contributed by atoms with Crippen molar-refractivity contribution in [1.82, 2.24) is 5.32 Å². The Morgan fingerprint density at radius 3 is 3.00 bits per heavy atom. The summed E-state index contributed by atoms with van der Waals surface area (Å²) < 4.78 is 0. The highest BCUT2D eigenvalue weighted by atomic mass is 16.6. The molecule has 1 aliphatic rings. The zero-order chi connectivity index (χ0) is 6.69. The SMILES string of the molecule is O=[N+]([O-])CC1CCCN1. The summed E-state index contributed by atoms with van der Waals surface area (Å²) in [7, 11) is 0. The average Bonchev–Trinajstić information content (AvgIpc) is 2.15. The van der Waals surface area contributed by atoms with E-state index in [0.29, 0.717) is 0 Å². The Hall–Kier alpha value is -0.640. The van der Waals surface area contributed by atoms with Crippen LogP contribution in [0.25, 0.3) is 0 Å². The highest BCUT2D eigenvalue weighted by Gasteiger charge is 2.18. The third-order valence-corrected chi connectivity index (χ3v) is 1.53. The van der Waals surface area contributed by atoms with E-state index < -0.39 is 0 Å². The van der Waals surface area contributed by atoms with Crippen LogP contribution in [0.3, 0.4) is 0 Å². The van der Waals surface area contributed by atoms with Crippen molar-refractivity contribution in [2.75, 3.05) is 13.1 Å². The predicted molar refractivity (Wildman–Crippen MR) is 32.9 cm³/mol. The third kappa shape index (κ3) is 1.97. The van der Waals surface area contributed by atoms with E-state index in [1.165, 1.54) is 0 Å². The largest absolute Gasteiger partial charge is 0.308 e.